The standard InChI is InChI=1S/C15H16ClNO3S/c1-10(2)17-15(18)13-8-7-11(20-13)9-21(19)14-6-4-3-5-12(14)16/h3-8,10H,9H2,1-2H3,(H,17,18)/t21-/m0/s1. The lowest BCUT2D eigenvalue weighted by atomic mass is 10.3. The van der Waals surface area contributed by atoms with Gasteiger partial charge in [-0.05, 0) is 38.1 Å². The molecule has 0 aliphatic heterocycles. The molecule has 0 aliphatic carbocycles. The van der Waals surface area contributed by atoms with E-state index in [0.29, 0.717) is 15.7 Å². The lowest BCUT2D eigenvalue weighted by Gasteiger charge is -2.05. The third kappa shape index (κ3) is 4.19. The Kier molecular flexibility index (Phi) is 5.20. The number of amides is 1. The van der Waals surface area contributed by atoms with Gasteiger partial charge in [-0.25, -0.2) is 0 Å². The molecule has 0 saturated carbocycles. The Morgan fingerprint density at radius 2 is 2.00 bits per heavy atom. The molecule has 6 heteroatoms. The van der Waals surface area contributed by atoms with Crippen LogP contribution in [0, 0.1) is 0 Å². The van der Waals surface area contributed by atoms with E-state index in [1.807, 2.05) is 13.8 Å². The van der Waals surface area contributed by atoms with E-state index in [1.54, 1.807) is 36.4 Å². The van der Waals surface area contributed by atoms with Gasteiger partial charge in [0.05, 0.1) is 26.5 Å². The van der Waals surface area contributed by atoms with Gasteiger partial charge in [-0.2, -0.15) is 0 Å². The molecule has 1 heterocycles. The summed E-state index contributed by atoms with van der Waals surface area (Å²) < 4.78 is 17.7. The second kappa shape index (κ2) is 6.91. The lowest BCUT2D eigenvalue weighted by Crippen LogP contribution is -2.29. The SMILES string of the molecule is CC(C)NC(=O)c1ccc(C[S@](=O)c2ccccc2Cl)o1. The molecule has 0 aliphatic rings. The number of hydrogen-bond acceptors (Lipinski definition) is 3. The van der Waals surface area contributed by atoms with Crippen molar-refractivity contribution in [2.24, 2.45) is 0 Å². The molecule has 1 aromatic heterocycles. The predicted molar refractivity (Wildman–Crippen MR) is 82.9 cm³/mol. The summed E-state index contributed by atoms with van der Waals surface area (Å²) in [6.07, 6.45) is 0. The zero-order chi connectivity index (χ0) is 15.4. The van der Waals surface area contributed by atoms with E-state index in [4.69, 9.17) is 16.0 Å². The first-order valence-corrected chi connectivity index (χ1v) is 8.19. The summed E-state index contributed by atoms with van der Waals surface area (Å²) >= 11 is 6.01. The van der Waals surface area contributed by atoms with Gasteiger partial charge in [0.2, 0.25) is 0 Å². The van der Waals surface area contributed by atoms with Crippen molar-refractivity contribution in [1.82, 2.24) is 5.32 Å². The molecule has 0 unspecified atom stereocenters. The molecule has 2 aromatic rings. The van der Waals surface area contributed by atoms with Crippen LogP contribution < -0.4 is 5.32 Å². The van der Waals surface area contributed by atoms with E-state index in [2.05, 4.69) is 5.32 Å². The third-order valence-corrected chi connectivity index (χ3v) is 4.50. The first kappa shape index (κ1) is 15.8. The fraction of sp³-hybridized carbons (Fsp3) is 0.267. The predicted octanol–water partition coefficient (Wildman–Crippen LogP) is 3.38. The third-order valence-electron chi connectivity index (χ3n) is 2.66. The number of carbonyl (C=O) groups is 1. The summed E-state index contributed by atoms with van der Waals surface area (Å²) in [5, 5.41) is 3.20. The minimum atomic E-state index is -1.31. The van der Waals surface area contributed by atoms with E-state index in [1.165, 1.54) is 0 Å². The molecule has 0 bridgehead atoms. The minimum Gasteiger partial charge on any atom is -0.455 e. The van der Waals surface area contributed by atoms with Gasteiger partial charge < -0.3 is 9.73 Å². The number of rotatable bonds is 5. The summed E-state index contributed by atoms with van der Waals surface area (Å²) in [5.74, 6) is 0.607. The number of halogens is 1. The molecule has 0 fully saturated rings. The summed E-state index contributed by atoms with van der Waals surface area (Å²) in [4.78, 5) is 12.3. The fourth-order valence-electron chi connectivity index (χ4n) is 1.75. The molecule has 0 saturated heterocycles. The van der Waals surface area contributed by atoms with Crippen LogP contribution >= 0.6 is 11.6 Å². The molecule has 112 valence electrons. The van der Waals surface area contributed by atoms with Gasteiger partial charge in [0.1, 0.15) is 5.76 Å². The maximum Gasteiger partial charge on any atom is 0.287 e. The normalized spacial score (nSPS) is 12.4. The second-order valence-electron chi connectivity index (χ2n) is 4.81. The van der Waals surface area contributed by atoms with Gasteiger partial charge >= 0.3 is 0 Å². The topological polar surface area (TPSA) is 59.3 Å². The maximum atomic E-state index is 12.3. The van der Waals surface area contributed by atoms with Crippen molar-refractivity contribution in [3.63, 3.8) is 0 Å². The summed E-state index contributed by atoms with van der Waals surface area (Å²) in [6, 6.07) is 10.2. The molecule has 1 aromatic carbocycles. The number of hydrogen-bond donors (Lipinski definition) is 1. The van der Waals surface area contributed by atoms with Crippen molar-refractivity contribution < 1.29 is 13.4 Å². The van der Waals surface area contributed by atoms with Crippen LogP contribution in [-0.4, -0.2) is 16.2 Å². The number of benzene rings is 1. The van der Waals surface area contributed by atoms with Crippen molar-refractivity contribution in [2.75, 3.05) is 0 Å². The smallest absolute Gasteiger partial charge is 0.287 e. The van der Waals surface area contributed by atoms with Crippen LogP contribution in [0.25, 0.3) is 0 Å². The highest BCUT2D eigenvalue weighted by Crippen LogP contribution is 2.22. The van der Waals surface area contributed by atoms with Gasteiger partial charge in [0, 0.05) is 6.04 Å². The first-order chi connectivity index (χ1) is 9.97. The average Bonchev–Trinajstić information content (AvgIpc) is 2.87. The Morgan fingerprint density at radius 1 is 1.29 bits per heavy atom. The van der Waals surface area contributed by atoms with E-state index in [-0.39, 0.29) is 23.5 Å². The van der Waals surface area contributed by atoms with Crippen molar-refractivity contribution in [3.8, 4) is 0 Å². The van der Waals surface area contributed by atoms with Crippen LogP contribution in [0.2, 0.25) is 5.02 Å². The quantitative estimate of drug-likeness (QED) is 0.916. The van der Waals surface area contributed by atoms with E-state index < -0.39 is 10.8 Å². The van der Waals surface area contributed by atoms with E-state index in [0.717, 1.165) is 0 Å². The molecular formula is C15H16ClNO3S. The summed E-state index contributed by atoms with van der Waals surface area (Å²) in [5.41, 5.74) is 0. The molecule has 1 N–H and O–H groups in total. The highest BCUT2D eigenvalue weighted by Gasteiger charge is 2.15. The monoisotopic (exact) mass is 325 g/mol. The Morgan fingerprint density at radius 3 is 2.67 bits per heavy atom. The Bertz CT molecular complexity index is 666. The molecule has 2 rings (SSSR count). The molecule has 4 nitrogen and oxygen atoms in total. The van der Waals surface area contributed by atoms with Crippen LogP contribution in [0.3, 0.4) is 0 Å². The van der Waals surface area contributed by atoms with Crippen LogP contribution in [-0.2, 0) is 16.6 Å². The summed E-state index contributed by atoms with van der Waals surface area (Å²) in [7, 11) is -1.31. The van der Waals surface area contributed by atoms with E-state index in [9.17, 15) is 9.00 Å². The van der Waals surface area contributed by atoms with E-state index >= 15 is 0 Å². The Hall–Kier alpha value is -1.59. The van der Waals surface area contributed by atoms with Crippen LogP contribution in [0.5, 0.6) is 0 Å². The minimum absolute atomic E-state index is 0.0308. The van der Waals surface area contributed by atoms with Crippen LogP contribution in [0.15, 0.2) is 45.7 Å². The zero-order valence-corrected chi connectivity index (χ0v) is 13.3. The van der Waals surface area contributed by atoms with Crippen LogP contribution in [0.1, 0.15) is 30.2 Å². The number of nitrogens with one attached hydrogen (secondary N) is 1. The molecule has 0 spiro atoms. The molecular weight excluding hydrogens is 310 g/mol. The molecule has 21 heavy (non-hydrogen) atoms. The van der Waals surface area contributed by atoms with Gasteiger partial charge in [-0.15, -0.1) is 0 Å². The highest BCUT2D eigenvalue weighted by atomic mass is 35.5. The maximum absolute atomic E-state index is 12.3. The van der Waals surface area contributed by atoms with Gasteiger partial charge in [0.15, 0.2) is 5.76 Å². The Labute approximate surface area is 130 Å². The zero-order valence-electron chi connectivity index (χ0n) is 11.8. The highest BCUT2D eigenvalue weighted by molar-refractivity contribution is 7.84. The number of furan rings is 1. The lowest BCUT2D eigenvalue weighted by molar-refractivity contribution is 0.0913. The molecule has 1 atom stereocenters. The van der Waals surface area contributed by atoms with Crippen molar-refractivity contribution in [1.29, 1.82) is 0 Å². The van der Waals surface area contributed by atoms with Crippen molar-refractivity contribution in [2.45, 2.75) is 30.5 Å². The van der Waals surface area contributed by atoms with Gasteiger partial charge in [-0.3, -0.25) is 9.00 Å². The average molecular weight is 326 g/mol. The largest absolute Gasteiger partial charge is 0.455 e. The Balaban J connectivity index is 2.08. The van der Waals surface area contributed by atoms with Gasteiger partial charge in [0.25, 0.3) is 5.91 Å². The molecule has 1 amide bonds. The van der Waals surface area contributed by atoms with Crippen molar-refractivity contribution >= 4 is 28.3 Å². The molecule has 0 radical (unpaired) electrons. The second-order valence-corrected chi connectivity index (χ2v) is 6.64. The summed E-state index contributed by atoms with van der Waals surface area (Å²) in [6.45, 7) is 3.74. The number of carbonyl (C=O) groups excluding carboxylic acids is 1. The van der Waals surface area contributed by atoms with Crippen LogP contribution in [0.4, 0.5) is 0 Å². The van der Waals surface area contributed by atoms with Gasteiger partial charge in [-0.1, -0.05) is 23.7 Å². The van der Waals surface area contributed by atoms with Crippen molar-refractivity contribution in [3.05, 3.63) is 52.9 Å². The fourth-order valence-corrected chi connectivity index (χ4v) is 3.23. The first-order valence-electron chi connectivity index (χ1n) is 6.50.